The van der Waals surface area contributed by atoms with Crippen LogP contribution in [0.4, 0.5) is 4.79 Å². The number of hydrogen-bond donors (Lipinski definition) is 3. The number of imide groups is 1. The number of hydrogen-bond acceptors (Lipinski definition) is 5. The van der Waals surface area contributed by atoms with Gasteiger partial charge in [-0.1, -0.05) is 0 Å². The van der Waals surface area contributed by atoms with Gasteiger partial charge in [-0.2, -0.15) is 0 Å². The second kappa shape index (κ2) is 6.49. The third-order valence-electron chi connectivity index (χ3n) is 3.62. The Morgan fingerprint density at radius 1 is 1.33 bits per heavy atom. The molecule has 0 unspecified atom stereocenters. The predicted octanol–water partition coefficient (Wildman–Crippen LogP) is -0.210. The maximum absolute atomic E-state index is 11.9. The van der Waals surface area contributed by atoms with Crippen LogP contribution in [0.15, 0.2) is 30.7 Å². The molecule has 0 radical (unpaired) electrons. The zero-order valence-electron chi connectivity index (χ0n) is 12.9. The van der Waals surface area contributed by atoms with Gasteiger partial charge in [0.25, 0.3) is 5.91 Å². The highest BCUT2D eigenvalue weighted by atomic mass is 16.2. The van der Waals surface area contributed by atoms with E-state index in [0.717, 1.165) is 11.4 Å². The van der Waals surface area contributed by atoms with Crippen molar-refractivity contribution in [2.75, 3.05) is 0 Å². The Balaban J connectivity index is 1.59. The Bertz CT molecular complexity index is 800. The van der Waals surface area contributed by atoms with Crippen LogP contribution in [0, 0.1) is 6.92 Å². The van der Waals surface area contributed by atoms with Crippen LogP contribution in [-0.2, 0) is 16.1 Å². The van der Waals surface area contributed by atoms with Crippen LogP contribution in [0.1, 0.15) is 17.8 Å². The lowest BCUT2D eigenvalue weighted by Crippen LogP contribution is -2.36. The van der Waals surface area contributed by atoms with Gasteiger partial charge >= 0.3 is 6.03 Å². The lowest BCUT2D eigenvalue weighted by atomic mass is 10.2. The number of nitrogens with one attached hydrogen (secondary N) is 3. The van der Waals surface area contributed by atoms with E-state index in [4.69, 9.17) is 0 Å². The molecule has 0 aromatic carbocycles. The molecule has 3 N–H and O–H groups in total. The number of rotatable bonds is 5. The maximum atomic E-state index is 11.9. The zero-order chi connectivity index (χ0) is 17.1. The van der Waals surface area contributed by atoms with E-state index in [1.807, 2.05) is 17.6 Å². The molecule has 2 aromatic heterocycles. The highest BCUT2D eigenvalue weighted by molar-refractivity contribution is 6.05. The molecule has 9 nitrogen and oxygen atoms in total. The van der Waals surface area contributed by atoms with Gasteiger partial charge in [0.2, 0.25) is 5.91 Å². The van der Waals surface area contributed by atoms with Crippen LogP contribution < -0.4 is 16.0 Å². The fourth-order valence-corrected chi connectivity index (χ4v) is 2.38. The molecule has 4 amide bonds. The van der Waals surface area contributed by atoms with E-state index in [-0.39, 0.29) is 12.3 Å². The SMILES string of the molecule is Cc1nccn1-c1cc(CNC(=O)C[C@@H]2NC(=O)NC2=O)ccn1. The lowest BCUT2D eigenvalue weighted by Gasteiger charge is -2.10. The molecule has 0 saturated carbocycles. The van der Waals surface area contributed by atoms with E-state index >= 15 is 0 Å². The summed E-state index contributed by atoms with van der Waals surface area (Å²) in [6.45, 7) is 2.17. The highest BCUT2D eigenvalue weighted by Gasteiger charge is 2.31. The quantitative estimate of drug-likeness (QED) is 0.656. The van der Waals surface area contributed by atoms with Crippen LogP contribution in [0.5, 0.6) is 0 Å². The Morgan fingerprint density at radius 3 is 2.83 bits per heavy atom. The van der Waals surface area contributed by atoms with Gasteiger partial charge in [-0.25, -0.2) is 14.8 Å². The summed E-state index contributed by atoms with van der Waals surface area (Å²) in [5.41, 5.74) is 0.862. The van der Waals surface area contributed by atoms with Crippen LogP contribution in [-0.4, -0.2) is 38.4 Å². The van der Waals surface area contributed by atoms with Crippen molar-refractivity contribution >= 4 is 17.8 Å². The number of imidazole rings is 1. The minimum atomic E-state index is -0.820. The van der Waals surface area contributed by atoms with Crippen molar-refractivity contribution in [2.24, 2.45) is 0 Å². The van der Waals surface area contributed by atoms with E-state index in [1.165, 1.54) is 0 Å². The van der Waals surface area contributed by atoms with Crippen molar-refractivity contribution in [3.05, 3.63) is 42.1 Å². The van der Waals surface area contributed by atoms with Gasteiger partial charge in [0.15, 0.2) is 0 Å². The minimum absolute atomic E-state index is 0.101. The molecule has 1 aliphatic heterocycles. The average molecular weight is 328 g/mol. The monoisotopic (exact) mass is 328 g/mol. The molecular formula is C15H16N6O3. The topological polar surface area (TPSA) is 118 Å². The fraction of sp³-hybridized carbons (Fsp3) is 0.267. The fourth-order valence-electron chi connectivity index (χ4n) is 2.38. The first kappa shape index (κ1) is 15.7. The van der Waals surface area contributed by atoms with Gasteiger partial charge < -0.3 is 10.6 Å². The van der Waals surface area contributed by atoms with E-state index in [9.17, 15) is 14.4 Å². The molecular weight excluding hydrogens is 312 g/mol. The molecule has 124 valence electrons. The van der Waals surface area contributed by atoms with E-state index in [0.29, 0.717) is 12.4 Å². The number of aryl methyl sites for hydroxylation is 1. The van der Waals surface area contributed by atoms with E-state index < -0.39 is 18.0 Å². The first-order valence-electron chi connectivity index (χ1n) is 7.36. The van der Waals surface area contributed by atoms with Gasteiger partial charge in [-0.3, -0.25) is 19.5 Å². The number of aromatic nitrogens is 3. The van der Waals surface area contributed by atoms with Crippen LogP contribution in [0.3, 0.4) is 0 Å². The Kier molecular flexibility index (Phi) is 4.23. The molecule has 2 aromatic rings. The molecule has 0 bridgehead atoms. The molecule has 0 aliphatic carbocycles. The van der Waals surface area contributed by atoms with Gasteiger partial charge in [0, 0.05) is 25.1 Å². The summed E-state index contributed by atoms with van der Waals surface area (Å²) in [6, 6.07) is 2.24. The summed E-state index contributed by atoms with van der Waals surface area (Å²) in [4.78, 5) is 42.8. The average Bonchev–Trinajstić information content (AvgIpc) is 3.11. The van der Waals surface area contributed by atoms with Crippen LogP contribution >= 0.6 is 0 Å². The Morgan fingerprint density at radius 2 is 2.17 bits per heavy atom. The molecule has 9 heteroatoms. The van der Waals surface area contributed by atoms with Crippen molar-refractivity contribution in [2.45, 2.75) is 25.9 Å². The first-order valence-corrected chi connectivity index (χ1v) is 7.36. The molecule has 24 heavy (non-hydrogen) atoms. The second-order valence-corrected chi connectivity index (χ2v) is 5.36. The van der Waals surface area contributed by atoms with Crippen molar-refractivity contribution in [1.82, 2.24) is 30.5 Å². The van der Waals surface area contributed by atoms with Gasteiger partial charge in [-0.05, 0) is 24.6 Å². The summed E-state index contributed by atoms with van der Waals surface area (Å²) >= 11 is 0. The van der Waals surface area contributed by atoms with E-state index in [1.54, 1.807) is 24.7 Å². The van der Waals surface area contributed by atoms with Crippen molar-refractivity contribution in [1.29, 1.82) is 0 Å². The summed E-state index contributed by atoms with van der Waals surface area (Å²) in [5, 5.41) is 7.20. The summed E-state index contributed by atoms with van der Waals surface area (Å²) < 4.78 is 1.84. The number of carbonyl (C=O) groups excluding carboxylic acids is 3. The normalized spacial score (nSPS) is 16.6. The Hall–Kier alpha value is -3.23. The molecule has 1 fully saturated rings. The van der Waals surface area contributed by atoms with Crippen molar-refractivity contribution in [3.8, 4) is 5.82 Å². The molecule has 1 atom stereocenters. The predicted molar refractivity (Wildman–Crippen MR) is 83.0 cm³/mol. The zero-order valence-corrected chi connectivity index (χ0v) is 12.9. The largest absolute Gasteiger partial charge is 0.352 e. The lowest BCUT2D eigenvalue weighted by molar-refractivity contribution is -0.126. The smallest absolute Gasteiger partial charge is 0.322 e. The number of nitrogens with zero attached hydrogens (tertiary/aromatic N) is 3. The highest BCUT2D eigenvalue weighted by Crippen LogP contribution is 2.09. The molecule has 3 heterocycles. The van der Waals surface area contributed by atoms with Gasteiger partial charge in [-0.15, -0.1) is 0 Å². The molecule has 3 rings (SSSR count). The molecule has 0 spiro atoms. The van der Waals surface area contributed by atoms with Gasteiger partial charge in [0.1, 0.15) is 17.7 Å². The van der Waals surface area contributed by atoms with Crippen LogP contribution in [0.25, 0.3) is 5.82 Å². The summed E-state index contributed by atoms with van der Waals surface area (Å²) in [5.74, 6) is 0.706. The van der Waals surface area contributed by atoms with Crippen LogP contribution in [0.2, 0.25) is 0 Å². The third kappa shape index (κ3) is 3.40. The maximum Gasteiger partial charge on any atom is 0.322 e. The number of urea groups is 1. The third-order valence-corrected chi connectivity index (χ3v) is 3.62. The number of amides is 4. The number of carbonyl (C=O) groups is 3. The first-order chi connectivity index (χ1) is 11.5. The summed E-state index contributed by atoms with van der Waals surface area (Å²) in [7, 11) is 0. The standard InChI is InChI=1S/C15H16N6O3/c1-9-16-4-5-21(9)12-6-10(2-3-17-12)8-18-13(22)7-11-14(23)20-15(24)19-11/h2-6,11H,7-8H2,1H3,(H,18,22)(H2,19,20,23,24)/t11-/m0/s1. The van der Waals surface area contributed by atoms with Gasteiger partial charge in [0.05, 0.1) is 6.42 Å². The second-order valence-electron chi connectivity index (χ2n) is 5.36. The molecule has 1 aliphatic rings. The Labute approximate surface area is 137 Å². The van der Waals surface area contributed by atoms with E-state index in [2.05, 4.69) is 25.9 Å². The molecule has 1 saturated heterocycles. The summed E-state index contributed by atoms with van der Waals surface area (Å²) in [6.07, 6.45) is 5.05. The van der Waals surface area contributed by atoms with Crippen molar-refractivity contribution in [3.63, 3.8) is 0 Å². The number of pyridine rings is 1. The van der Waals surface area contributed by atoms with Crippen molar-refractivity contribution < 1.29 is 14.4 Å². The minimum Gasteiger partial charge on any atom is -0.352 e.